The highest BCUT2D eigenvalue weighted by Gasteiger charge is 2.33. The lowest BCUT2D eigenvalue weighted by atomic mass is 10.2. The molecule has 1 saturated heterocycles. The SMILES string of the molecule is O=C1/C(=C\c2ccc(OCc3cccc(F)c3)cc2)SC(=S)N1c1ccccc1. The molecular formula is C23H16FNO2S2. The van der Waals surface area contributed by atoms with E-state index in [-0.39, 0.29) is 18.3 Å². The highest BCUT2D eigenvalue weighted by atomic mass is 32.2. The first-order valence-electron chi connectivity index (χ1n) is 8.90. The Morgan fingerprint density at radius 3 is 2.48 bits per heavy atom. The van der Waals surface area contributed by atoms with Crippen LogP contribution in [-0.2, 0) is 11.4 Å². The fraction of sp³-hybridized carbons (Fsp3) is 0.0435. The van der Waals surface area contributed by atoms with Crippen LogP contribution in [0, 0.1) is 5.82 Å². The highest BCUT2D eigenvalue weighted by molar-refractivity contribution is 8.27. The number of hydrogen-bond donors (Lipinski definition) is 0. The summed E-state index contributed by atoms with van der Waals surface area (Å²) in [5.74, 6) is 0.259. The molecule has 1 amide bonds. The maximum atomic E-state index is 13.2. The van der Waals surface area contributed by atoms with Crippen molar-refractivity contribution in [1.29, 1.82) is 0 Å². The van der Waals surface area contributed by atoms with E-state index in [2.05, 4.69) is 0 Å². The van der Waals surface area contributed by atoms with Crippen LogP contribution < -0.4 is 9.64 Å². The second-order valence-electron chi connectivity index (χ2n) is 6.34. The number of thiocarbonyl (C=S) groups is 1. The third-order valence-corrected chi connectivity index (χ3v) is 5.58. The fourth-order valence-corrected chi connectivity index (χ4v) is 4.17. The zero-order valence-corrected chi connectivity index (χ0v) is 16.9. The van der Waals surface area contributed by atoms with Gasteiger partial charge in [0, 0.05) is 0 Å². The summed E-state index contributed by atoms with van der Waals surface area (Å²) in [6, 6.07) is 23.1. The largest absolute Gasteiger partial charge is 0.489 e. The highest BCUT2D eigenvalue weighted by Crippen LogP contribution is 2.36. The number of para-hydroxylation sites is 1. The lowest BCUT2D eigenvalue weighted by Gasteiger charge is -2.13. The van der Waals surface area contributed by atoms with Gasteiger partial charge in [0.2, 0.25) is 0 Å². The van der Waals surface area contributed by atoms with E-state index in [1.54, 1.807) is 11.0 Å². The van der Waals surface area contributed by atoms with Gasteiger partial charge in [-0.15, -0.1) is 0 Å². The molecule has 3 aromatic carbocycles. The van der Waals surface area contributed by atoms with E-state index in [1.165, 1.54) is 23.9 Å². The molecule has 1 heterocycles. The van der Waals surface area contributed by atoms with Crippen LogP contribution in [0.2, 0.25) is 0 Å². The minimum Gasteiger partial charge on any atom is -0.489 e. The molecular weight excluding hydrogens is 405 g/mol. The molecule has 4 rings (SSSR count). The fourth-order valence-electron chi connectivity index (χ4n) is 2.87. The summed E-state index contributed by atoms with van der Waals surface area (Å²) >= 11 is 6.67. The number of ether oxygens (including phenoxy) is 1. The zero-order valence-electron chi connectivity index (χ0n) is 15.2. The van der Waals surface area contributed by atoms with Crippen LogP contribution in [0.1, 0.15) is 11.1 Å². The second-order valence-corrected chi connectivity index (χ2v) is 8.02. The lowest BCUT2D eigenvalue weighted by molar-refractivity contribution is -0.113. The second kappa shape index (κ2) is 8.59. The molecule has 0 unspecified atom stereocenters. The van der Waals surface area contributed by atoms with Gasteiger partial charge in [-0.25, -0.2) is 4.39 Å². The minimum atomic E-state index is -0.283. The van der Waals surface area contributed by atoms with E-state index in [0.29, 0.717) is 15.0 Å². The predicted octanol–water partition coefficient (Wildman–Crippen LogP) is 5.81. The number of halogens is 1. The summed E-state index contributed by atoms with van der Waals surface area (Å²) in [7, 11) is 0. The van der Waals surface area contributed by atoms with Gasteiger partial charge < -0.3 is 4.74 Å². The van der Waals surface area contributed by atoms with Crippen molar-refractivity contribution in [3.05, 3.63) is 101 Å². The quantitative estimate of drug-likeness (QED) is 0.384. The molecule has 0 N–H and O–H groups in total. The Bertz CT molecular complexity index is 1080. The Balaban J connectivity index is 1.45. The maximum absolute atomic E-state index is 13.2. The van der Waals surface area contributed by atoms with Crippen LogP contribution >= 0.6 is 24.0 Å². The smallest absolute Gasteiger partial charge is 0.270 e. The molecule has 0 bridgehead atoms. The Morgan fingerprint density at radius 1 is 1.00 bits per heavy atom. The van der Waals surface area contributed by atoms with Gasteiger partial charge in [-0.1, -0.05) is 66.4 Å². The van der Waals surface area contributed by atoms with Crippen molar-refractivity contribution < 1.29 is 13.9 Å². The average molecular weight is 422 g/mol. The van der Waals surface area contributed by atoms with Crippen molar-refractivity contribution in [2.75, 3.05) is 4.90 Å². The first kappa shape index (κ1) is 19.4. The van der Waals surface area contributed by atoms with Crippen LogP contribution in [-0.4, -0.2) is 10.2 Å². The zero-order chi connectivity index (χ0) is 20.2. The molecule has 6 heteroatoms. The molecule has 1 aliphatic heterocycles. The van der Waals surface area contributed by atoms with Crippen LogP contribution in [0.3, 0.4) is 0 Å². The predicted molar refractivity (Wildman–Crippen MR) is 119 cm³/mol. The molecule has 0 aliphatic carbocycles. The molecule has 29 heavy (non-hydrogen) atoms. The number of benzene rings is 3. The molecule has 144 valence electrons. The van der Waals surface area contributed by atoms with Crippen LogP contribution in [0.15, 0.2) is 83.8 Å². The Labute approximate surface area is 177 Å². The molecule has 0 atom stereocenters. The molecule has 0 radical (unpaired) electrons. The standard InChI is InChI=1S/C23H16FNO2S2/c24-18-6-4-5-17(13-18)15-27-20-11-9-16(10-12-20)14-21-22(26)25(23(28)29-21)19-7-2-1-3-8-19/h1-14H,15H2/b21-14+. The van der Waals surface area contributed by atoms with Gasteiger partial charge in [0.05, 0.1) is 10.6 Å². The summed E-state index contributed by atoms with van der Waals surface area (Å²) < 4.78 is 19.4. The third-order valence-electron chi connectivity index (χ3n) is 4.28. The van der Waals surface area contributed by atoms with Gasteiger partial charge in [-0.2, -0.15) is 0 Å². The number of anilines is 1. The Hall–Kier alpha value is -2.96. The number of rotatable bonds is 5. The average Bonchev–Trinajstić information content (AvgIpc) is 3.01. The molecule has 3 aromatic rings. The van der Waals surface area contributed by atoms with E-state index in [0.717, 1.165) is 16.8 Å². The number of carbonyl (C=O) groups is 1. The molecule has 0 aromatic heterocycles. The summed E-state index contributed by atoms with van der Waals surface area (Å²) in [5.41, 5.74) is 2.40. The summed E-state index contributed by atoms with van der Waals surface area (Å²) in [6.45, 7) is 0.285. The van der Waals surface area contributed by atoms with Gasteiger partial charge in [0.15, 0.2) is 4.32 Å². The van der Waals surface area contributed by atoms with Crippen molar-refractivity contribution in [2.24, 2.45) is 0 Å². The van der Waals surface area contributed by atoms with E-state index < -0.39 is 0 Å². The minimum absolute atomic E-state index is 0.127. The van der Waals surface area contributed by atoms with E-state index in [4.69, 9.17) is 17.0 Å². The van der Waals surface area contributed by atoms with Gasteiger partial charge in [-0.05, 0) is 53.6 Å². The van der Waals surface area contributed by atoms with E-state index >= 15 is 0 Å². The first-order chi connectivity index (χ1) is 14.1. The van der Waals surface area contributed by atoms with E-state index in [1.807, 2.05) is 66.7 Å². The first-order valence-corrected chi connectivity index (χ1v) is 10.1. The Morgan fingerprint density at radius 2 is 1.76 bits per heavy atom. The van der Waals surface area contributed by atoms with Crippen molar-refractivity contribution in [2.45, 2.75) is 6.61 Å². The third kappa shape index (κ3) is 4.55. The number of amides is 1. The van der Waals surface area contributed by atoms with Gasteiger partial charge in [0.25, 0.3) is 5.91 Å². The number of thioether (sulfide) groups is 1. The monoisotopic (exact) mass is 421 g/mol. The van der Waals surface area contributed by atoms with Crippen molar-refractivity contribution >= 4 is 46.0 Å². The molecule has 3 nitrogen and oxygen atoms in total. The number of hydrogen-bond acceptors (Lipinski definition) is 4. The summed E-state index contributed by atoms with van der Waals surface area (Å²) in [6.07, 6.45) is 1.82. The van der Waals surface area contributed by atoms with Crippen molar-refractivity contribution in [3.8, 4) is 5.75 Å². The van der Waals surface area contributed by atoms with E-state index in [9.17, 15) is 9.18 Å². The molecule has 1 aliphatic rings. The number of nitrogens with zero attached hydrogens (tertiary/aromatic N) is 1. The van der Waals surface area contributed by atoms with Gasteiger partial charge in [-0.3, -0.25) is 9.69 Å². The topological polar surface area (TPSA) is 29.5 Å². The Kier molecular flexibility index (Phi) is 5.74. The van der Waals surface area contributed by atoms with Crippen LogP contribution in [0.4, 0.5) is 10.1 Å². The normalized spacial score (nSPS) is 15.2. The molecule has 0 spiro atoms. The molecule has 0 saturated carbocycles. The van der Waals surface area contributed by atoms with Crippen molar-refractivity contribution in [3.63, 3.8) is 0 Å². The van der Waals surface area contributed by atoms with Gasteiger partial charge in [0.1, 0.15) is 18.2 Å². The van der Waals surface area contributed by atoms with Crippen LogP contribution in [0.5, 0.6) is 5.75 Å². The number of carbonyl (C=O) groups excluding carboxylic acids is 1. The van der Waals surface area contributed by atoms with Crippen LogP contribution in [0.25, 0.3) is 6.08 Å². The van der Waals surface area contributed by atoms with Gasteiger partial charge >= 0.3 is 0 Å². The summed E-state index contributed by atoms with van der Waals surface area (Å²) in [5, 5.41) is 0. The van der Waals surface area contributed by atoms with Crippen molar-refractivity contribution in [1.82, 2.24) is 0 Å². The lowest BCUT2D eigenvalue weighted by Crippen LogP contribution is -2.27. The molecule has 1 fully saturated rings. The summed E-state index contributed by atoms with van der Waals surface area (Å²) in [4.78, 5) is 14.9. The maximum Gasteiger partial charge on any atom is 0.270 e.